The van der Waals surface area contributed by atoms with Gasteiger partial charge in [0.15, 0.2) is 0 Å². The Morgan fingerprint density at radius 1 is 1.36 bits per heavy atom. The van der Waals surface area contributed by atoms with E-state index in [1.807, 2.05) is 18.0 Å². The number of nitrogens with zero attached hydrogens (tertiary/aromatic N) is 5. The highest BCUT2D eigenvalue weighted by Crippen LogP contribution is 2.23. The molecule has 0 unspecified atom stereocenters. The Morgan fingerprint density at radius 2 is 2.14 bits per heavy atom. The zero-order chi connectivity index (χ0) is 15.5. The standard InChI is InChI=1S/C14H19F2N5O/c1-20-11(2-5-17-20)14-18-13(22-19-14)8-10-3-6-21(7-4-10)9-12(15)16/h2,5,10,12H,3-4,6-9H2,1H3. The first-order valence-electron chi connectivity index (χ1n) is 7.43. The van der Waals surface area contributed by atoms with Gasteiger partial charge in [-0.2, -0.15) is 10.1 Å². The highest BCUT2D eigenvalue weighted by molar-refractivity contribution is 5.47. The number of aromatic nitrogens is 4. The minimum absolute atomic E-state index is 0.127. The fraction of sp³-hybridized carbons (Fsp3) is 0.643. The Balaban J connectivity index is 1.55. The van der Waals surface area contributed by atoms with E-state index in [-0.39, 0.29) is 6.54 Å². The van der Waals surface area contributed by atoms with Crippen molar-refractivity contribution in [1.29, 1.82) is 0 Å². The van der Waals surface area contributed by atoms with Crippen molar-refractivity contribution >= 4 is 0 Å². The molecule has 2 aromatic heterocycles. The number of likely N-dealkylation sites (tertiary alicyclic amines) is 1. The number of piperidine rings is 1. The van der Waals surface area contributed by atoms with E-state index in [1.165, 1.54) is 0 Å². The van der Waals surface area contributed by atoms with Crippen LogP contribution in [-0.2, 0) is 13.5 Å². The molecule has 0 atom stereocenters. The predicted molar refractivity (Wildman–Crippen MR) is 75.4 cm³/mol. The number of hydrogen-bond acceptors (Lipinski definition) is 5. The third-order valence-corrected chi connectivity index (χ3v) is 4.08. The zero-order valence-corrected chi connectivity index (χ0v) is 12.5. The normalized spacial score (nSPS) is 17.5. The molecule has 3 heterocycles. The van der Waals surface area contributed by atoms with E-state index in [2.05, 4.69) is 15.2 Å². The van der Waals surface area contributed by atoms with Crippen molar-refractivity contribution in [3.8, 4) is 11.5 Å². The van der Waals surface area contributed by atoms with Gasteiger partial charge in [-0.3, -0.25) is 9.58 Å². The molecule has 1 fully saturated rings. The average molecular weight is 311 g/mol. The van der Waals surface area contributed by atoms with Crippen LogP contribution >= 0.6 is 0 Å². The second kappa shape index (κ2) is 6.51. The lowest BCUT2D eigenvalue weighted by Crippen LogP contribution is -2.37. The van der Waals surface area contributed by atoms with Gasteiger partial charge in [0, 0.05) is 19.7 Å². The van der Waals surface area contributed by atoms with Gasteiger partial charge < -0.3 is 4.52 Å². The van der Waals surface area contributed by atoms with Crippen LogP contribution in [0, 0.1) is 5.92 Å². The Morgan fingerprint density at radius 3 is 2.77 bits per heavy atom. The van der Waals surface area contributed by atoms with Gasteiger partial charge in [-0.1, -0.05) is 5.16 Å². The van der Waals surface area contributed by atoms with E-state index < -0.39 is 6.43 Å². The Labute approximate surface area is 127 Å². The molecule has 1 aliphatic heterocycles. The maximum Gasteiger partial charge on any atom is 0.251 e. The molecule has 0 radical (unpaired) electrons. The van der Waals surface area contributed by atoms with Crippen LogP contribution in [-0.4, -0.2) is 50.9 Å². The Kier molecular flexibility index (Phi) is 4.47. The summed E-state index contributed by atoms with van der Waals surface area (Å²) in [5, 5.41) is 8.06. The molecule has 0 spiro atoms. The van der Waals surface area contributed by atoms with Gasteiger partial charge in [-0.25, -0.2) is 8.78 Å². The van der Waals surface area contributed by atoms with Gasteiger partial charge in [0.05, 0.1) is 6.54 Å². The van der Waals surface area contributed by atoms with Crippen LogP contribution in [0.3, 0.4) is 0 Å². The number of alkyl halides is 2. The van der Waals surface area contributed by atoms with Gasteiger partial charge in [0.2, 0.25) is 11.7 Å². The lowest BCUT2D eigenvalue weighted by molar-refractivity contribution is 0.0681. The van der Waals surface area contributed by atoms with Crippen molar-refractivity contribution in [2.24, 2.45) is 13.0 Å². The summed E-state index contributed by atoms with van der Waals surface area (Å²) in [5.74, 6) is 1.54. The number of aryl methyl sites for hydroxylation is 1. The first-order valence-corrected chi connectivity index (χ1v) is 7.43. The summed E-state index contributed by atoms with van der Waals surface area (Å²) in [6.07, 6.45) is 1.90. The highest BCUT2D eigenvalue weighted by Gasteiger charge is 2.23. The summed E-state index contributed by atoms with van der Waals surface area (Å²) in [5.41, 5.74) is 0.807. The lowest BCUT2D eigenvalue weighted by Gasteiger charge is -2.30. The molecular formula is C14H19F2N5O. The van der Waals surface area contributed by atoms with Gasteiger partial charge >= 0.3 is 0 Å². The quantitative estimate of drug-likeness (QED) is 0.845. The molecule has 0 saturated carbocycles. The summed E-state index contributed by atoms with van der Waals surface area (Å²) in [4.78, 5) is 6.22. The van der Waals surface area contributed by atoms with E-state index in [4.69, 9.17) is 4.52 Å². The monoisotopic (exact) mass is 311 g/mol. The maximum atomic E-state index is 12.4. The third-order valence-electron chi connectivity index (χ3n) is 4.08. The molecule has 0 N–H and O–H groups in total. The second-order valence-electron chi connectivity index (χ2n) is 5.69. The molecule has 120 valence electrons. The first kappa shape index (κ1) is 15.1. The molecule has 6 nitrogen and oxygen atoms in total. The molecule has 3 rings (SSSR count). The lowest BCUT2D eigenvalue weighted by atomic mass is 9.93. The number of rotatable bonds is 5. The van der Waals surface area contributed by atoms with Crippen LogP contribution in [0.1, 0.15) is 18.7 Å². The Bertz CT molecular complexity index is 604. The highest BCUT2D eigenvalue weighted by atomic mass is 19.3. The van der Waals surface area contributed by atoms with Crippen LogP contribution in [0.5, 0.6) is 0 Å². The van der Waals surface area contributed by atoms with E-state index in [0.717, 1.165) is 18.5 Å². The van der Waals surface area contributed by atoms with Crippen molar-refractivity contribution in [2.45, 2.75) is 25.7 Å². The van der Waals surface area contributed by atoms with E-state index >= 15 is 0 Å². The van der Waals surface area contributed by atoms with Gasteiger partial charge in [0.1, 0.15) is 5.69 Å². The molecule has 0 aliphatic carbocycles. The number of hydrogen-bond donors (Lipinski definition) is 0. The second-order valence-corrected chi connectivity index (χ2v) is 5.69. The zero-order valence-electron chi connectivity index (χ0n) is 12.5. The van der Waals surface area contributed by atoms with Crippen LogP contribution < -0.4 is 0 Å². The predicted octanol–water partition coefficient (Wildman–Crippen LogP) is 1.99. The third kappa shape index (κ3) is 3.49. The molecule has 0 bridgehead atoms. The molecule has 2 aromatic rings. The van der Waals surface area contributed by atoms with Gasteiger partial charge in [0.25, 0.3) is 6.43 Å². The van der Waals surface area contributed by atoms with Crippen molar-refractivity contribution in [3.63, 3.8) is 0 Å². The van der Waals surface area contributed by atoms with Crippen LogP contribution in [0.15, 0.2) is 16.8 Å². The topological polar surface area (TPSA) is 60.0 Å². The van der Waals surface area contributed by atoms with Gasteiger partial charge in [-0.15, -0.1) is 0 Å². The van der Waals surface area contributed by atoms with Crippen molar-refractivity contribution in [3.05, 3.63) is 18.2 Å². The summed E-state index contributed by atoms with van der Waals surface area (Å²) in [6, 6.07) is 1.83. The fourth-order valence-electron chi connectivity index (χ4n) is 2.85. The smallest absolute Gasteiger partial charge is 0.251 e. The summed E-state index contributed by atoms with van der Waals surface area (Å²) in [7, 11) is 1.82. The molecule has 0 aromatic carbocycles. The molecule has 1 saturated heterocycles. The van der Waals surface area contributed by atoms with Crippen molar-refractivity contribution in [1.82, 2.24) is 24.8 Å². The first-order chi connectivity index (χ1) is 10.6. The average Bonchev–Trinajstić information content (AvgIpc) is 3.09. The summed E-state index contributed by atoms with van der Waals surface area (Å²) < 4.78 is 31.7. The molecule has 0 amide bonds. The Hall–Kier alpha value is -1.83. The van der Waals surface area contributed by atoms with Gasteiger partial charge in [-0.05, 0) is 37.9 Å². The van der Waals surface area contributed by atoms with Crippen molar-refractivity contribution in [2.75, 3.05) is 19.6 Å². The minimum Gasteiger partial charge on any atom is -0.339 e. The van der Waals surface area contributed by atoms with Crippen molar-refractivity contribution < 1.29 is 13.3 Å². The largest absolute Gasteiger partial charge is 0.339 e. The van der Waals surface area contributed by atoms with E-state index in [1.54, 1.807) is 10.9 Å². The SMILES string of the molecule is Cn1nccc1-c1noc(CC2CCN(CC(F)F)CC2)n1. The summed E-state index contributed by atoms with van der Waals surface area (Å²) >= 11 is 0. The molecule has 1 aliphatic rings. The maximum absolute atomic E-state index is 12.4. The molecule has 22 heavy (non-hydrogen) atoms. The fourth-order valence-corrected chi connectivity index (χ4v) is 2.85. The van der Waals surface area contributed by atoms with Crippen LogP contribution in [0.4, 0.5) is 8.78 Å². The van der Waals surface area contributed by atoms with Crippen LogP contribution in [0.2, 0.25) is 0 Å². The van der Waals surface area contributed by atoms with Crippen LogP contribution in [0.25, 0.3) is 11.5 Å². The minimum atomic E-state index is -2.26. The molecule has 8 heteroatoms. The van der Waals surface area contributed by atoms with E-state index in [9.17, 15) is 8.78 Å². The van der Waals surface area contributed by atoms with E-state index in [0.29, 0.717) is 37.1 Å². The number of halogens is 2. The summed E-state index contributed by atoms with van der Waals surface area (Å²) in [6.45, 7) is 1.29. The molecular weight excluding hydrogens is 292 g/mol.